The number of anilines is 1. The molecular weight excluding hydrogens is 200 g/mol. The molecule has 1 unspecified atom stereocenters. The molecule has 0 saturated heterocycles. The van der Waals surface area contributed by atoms with Gasteiger partial charge in [-0.2, -0.15) is 0 Å². The van der Waals surface area contributed by atoms with Crippen LogP contribution in [0, 0.1) is 0 Å². The maximum absolute atomic E-state index is 8.67. The van der Waals surface area contributed by atoms with Crippen LogP contribution in [0.15, 0.2) is 18.3 Å². The molecule has 1 heterocycles. The van der Waals surface area contributed by atoms with Crippen LogP contribution in [0.1, 0.15) is 19.8 Å². The van der Waals surface area contributed by atoms with Gasteiger partial charge in [-0.15, -0.1) is 0 Å². The summed E-state index contributed by atoms with van der Waals surface area (Å²) in [4.78, 5) is 4.12. The molecular formula is C10H15ClN2O. The van der Waals surface area contributed by atoms with Crippen molar-refractivity contribution in [2.75, 3.05) is 11.9 Å². The maximum Gasteiger partial charge on any atom is 0.144 e. The van der Waals surface area contributed by atoms with E-state index < -0.39 is 0 Å². The summed E-state index contributed by atoms with van der Waals surface area (Å²) in [5.41, 5.74) is 0. The second-order valence-corrected chi connectivity index (χ2v) is 3.65. The molecule has 0 radical (unpaired) electrons. The lowest BCUT2D eigenvalue weighted by Crippen LogP contribution is -2.16. The molecule has 1 atom stereocenters. The van der Waals surface area contributed by atoms with E-state index in [4.69, 9.17) is 16.7 Å². The minimum Gasteiger partial charge on any atom is -0.396 e. The highest BCUT2D eigenvalue weighted by atomic mass is 35.5. The molecule has 0 saturated carbocycles. The maximum atomic E-state index is 8.67. The molecule has 0 spiro atoms. The van der Waals surface area contributed by atoms with Gasteiger partial charge in [-0.25, -0.2) is 4.98 Å². The highest BCUT2D eigenvalue weighted by Gasteiger charge is 2.04. The third kappa shape index (κ3) is 3.52. The average molecular weight is 215 g/mol. The molecule has 0 bridgehead atoms. The minimum absolute atomic E-state index is 0.224. The Morgan fingerprint density at radius 2 is 2.43 bits per heavy atom. The van der Waals surface area contributed by atoms with Crippen molar-refractivity contribution in [2.45, 2.75) is 25.8 Å². The van der Waals surface area contributed by atoms with Crippen LogP contribution >= 0.6 is 11.6 Å². The van der Waals surface area contributed by atoms with Crippen molar-refractivity contribution in [3.05, 3.63) is 23.4 Å². The summed E-state index contributed by atoms with van der Waals surface area (Å²) in [6, 6.07) is 3.87. The van der Waals surface area contributed by atoms with Crippen LogP contribution in [0.4, 0.5) is 5.82 Å². The Kier molecular flexibility index (Phi) is 4.70. The number of halogens is 1. The Hall–Kier alpha value is -0.800. The summed E-state index contributed by atoms with van der Waals surface area (Å²) < 4.78 is 0. The molecule has 14 heavy (non-hydrogen) atoms. The molecule has 3 nitrogen and oxygen atoms in total. The van der Waals surface area contributed by atoms with E-state index in [9.17, 15) is 0 Å². The molecule has 1 aromatic rings. The highest BCUT2D eigenvalue weighted by Crippen LogP contribution is 2.18. The third-order valence-corrected chi connectivity index (χ3v) is 2.24. The van der Waals surface area contributed by atoms with E-state index in [1.54, 1.807) is 18.3 Å². The van der Waals surface area contributed by atoms with Crippen LogP contribution in [-0.2, 0) is 0 Å². The fourth-order valence-corrected chi connectivity index (χ4v) is 1.37. The van der Waals surface area contributed by atoms with Crippen LogP contribution in [-0.4, -0.2) is 22.7 Å². The first-order valence-electron chi connectivity index (χ1n) is 4.72. The summed E-state index contributed by atoms with van der Waals surface area (Å²) in [5, 5.41) is 12.5. The van der Waals surface area contributed by atoms with E-state index in [-0.39, 0.29) is 12.6 Å². The van der Waals surface area contributed by atoms with Gasteiger partial charge >= 0.3 is 0 Å². The number of pyridine rings is 1. The second-order valence-electron chi connectivity index (χ2n) is 3.25. The average Bonchev–Trinajstić information content (AvgIpc) is 2.18. The molecule has 0 aliphatic carbocycles. The van der Waals surface area contributed by atoms with Crippen molar-refractivity contribution in [2.24, 2.45) is 0 Å². The lowest BCUT2D eigenvalue weighted by Gasteiger charge is -2.14. The minimum atomic E-state index is 0.224. The first-order valence-corrected chi connectivity index (χ1v) is 5.09. The second kappa shape index (κ2) is 5.83. The number of nitrogens with one attached hydrogen (secondary N) is 1. The quantitative estimate of drug-likeness (QED) is 0.791. The van der Waals surface area contributed by atoms with Gasteiger partial charge in [0.2, 0.25) is 0 Å². The summed E-state index contributed by atoms with van der Waals surface area (Å²) in [6.07, 6.45) is 3.40. The Morgan fingerprint density at radius 3 is 3.07 bits per heavy atom. The van der Waals surface area contributed by atoms with Crippen molar-refractivity contribution >= 4 is 17.4 Å². The van der Waals surface area contributed by atoms with E-state index in [1.807, 2.05) is 6.92 Å². The molecule has 1 aromatic heterocycles. The Bertz CT molecular complexity index is 281. The Balaban J connectivity index is 2.47. The SMILES string of the molecule is CC(CCCO)Nc1ncccc1Cl. The topological polar surface area (TPSA) is 45.1 Å². The lowest BCUT2D eigenvalue weighted by atomic mass is 10.2. The van der Waals surface area contributed by atoms with Crippen LogP contribution in [0.3, 0.4) is 0 Å². The van der Waals surface area contributed by atoms with Gasteiger partial charge < -0.3 is 10.4 Å². The van der Waals surface area contributed by atoms with Crippen LogP contribution in [0.2, 0.25) is 5.02 Å². The van der Waals surface area contributed by atoms with E-state index in [0.29, 0.717) is 10.8 Å². The number of hydrogen-bond donors (Lipinski definition) is 2. The first-order chi connectivity index (χ1) is 6.74. The number of aliphatic hydroxyl groups is 1. The fraction of sp³-hybridized carbons (Fsp3) is 0.500. The van der Waals surface area contributed by atoms with Gasteiger partial charge in [-0.1, -0.05) is 11.6 Å². The number of aliphatic hydroxyl groups excluding tert-OH is 1. The largest absolute Gasteiger partial charge is 0.396 e. The number of aromatic nitrogens is 1. The standard InChI is InChI=1S/C10H15ClN2O/c1-8(4-3-7-14)13-10-9(11)5-2-6-12-10/h2,5-6,8,14H,3-4,7H2,1H3,(H,12,13). The number of nitrogens with zero attached hydrogens (tertiary/aromatic N) is 1. The summed E-state index contributed by atoms with van der Waals surface area (Å²) in [5.74, 6) is 0.708. The van der Waals surface area contributed by atoms with Crippen molar-refractivity contribution < 1.29 is 5.11 Å². The van der Waals surface area contributed by atoms with Crippen molar-refractivity contribution in [1.29, 1.82) is 0 Å². The van der Waals surface area contributed by atoms with Gasteiger partial charge in [0.05, 0.1) is 5.02 Å². The van der Waals surface area contributed by atoms with Gasteiger partial charge in [-0.05, 0) is 31.9 Å². The van der Waals surface area contributed by atoms with Gasteiger partial charge in [0.15, 0.2) is 0 Å². The molecule has 0 fully saturated rings. The number of rotatable bonds is 5. The van der Waals surface area contributed by atoms with Crippen molar-refractivity contribution in [1.82, 2.24) is 4.98 Å². The number of hydrogen-bond acceptors (Lipinski definition) is 3. The Morgan fingerprint density at radius 1 is 1.64 bits per heavy atom. The zero-order valence-corrected chi connectivity index (χ0v) is 8.96. The zero-order chi connectivity index (χ0) is 10.4. The predicted molar refractivity (Wildman–Crippen MR) is 58.7 cm³/mol. The molecule has 0 aromatic carbocycles. The van der Waals surface area contributed by atoms with Crippen LogP contribution < -0.4 is 5.32 Å². The normalized spacial score (nSPS) is 12.5. The third-order valence-electron chi connectivity index (χ3n) is 1.94. The van der Waals surface area contributed by atoms with Crippen LogP contribution in [0.5, 0.6) is 0 Å². The summed E-state index contributed by atoms with van der Waals surface area (Å²) in [6.45, 7) is 2.27. The highest BCUT2D eigenvalue weighted by molar-refractivity contribution is 6.32. The Labute approximate surface area is 89.1 Å². The van der Waals surface area contributed by atoms with Gasteiger partial charge in [-0.3, -0.25) is 0 Å². The fourth-order valence-electron chi connectivity index (χ4n) is 1.19. The zero-order valence-electron chi connectivity index (χ0n) is 8.20. The predicted octanol–water partition coefficient (Wildman–Crippen LogP) is 2.31. The smallest absolute Gasteiger partial charge is 0.144 e. The van der Waals surface area contributed by atoms with Gasteiger partial charge in [0.25, 0.3) is 0 Å². The van der Waals surface area contributed by atoms with E-state index in [2.05, 4.69) is 10.3 Å². The molecule has 2 N–H and O–H groups in total. The molecule has 0 aliphatic heterocycles. The molecule has 4 heteroatoms. The van der Waals surface area contributed by atoms with Gasteiger partial charge in [0, 0.05) is 18.8 Å². The molecule has 1 rings (SSSR count). The molecule has 0 amide bonds. The van der Waals surface area contributed by atoms with Gasteiger partial charge in [0.1, 0.15) is 5.82 Å². The van der Waals surface area contributed by atoms with Crippen molar-refractivity contribution in [3.63, 3.8) is 0 Å². The van der Waals surface area contributed by atoms with Crippen molar-refractivity contribution in [3.8, 4) is 0 Å². The molecule has 78 valence electrons. The monoisotopic (exact) mass is 214 g/mol. The van der Waals surface area contributed by atoms with E-state index in [1.165, 1.54) is 0 Å². The summed E-state index contributed by atoms with van der Waals surface area (Å²) in [7, 11) is 0. The van der Waals surface area contributed by atoms with E-state index in [0.717, 1.165) is 12.8 Å². The summed E-state index contributed by atoms with van der Waals surface area (Å²) >= 11 is 5.93. The van der Waals surface area contributed by atoms with Crippen LogP contribution in [0.25, 0.3) is 0 Å². The molecule has 0 aliphatic rings. The lowest BCUT2D eigenvalue weighted by molar-refractivity contribution is 0.282. The first kappa shape index (κ1) is 11.3. The van der Waals surface area contributed by atoms with E-state index >= 15 is 0 Å².